The third-order valence-corrected chi connectivity index (χ3v) is 2.65. The fourth-order valence-corrected chi connectivity index (χ4v) is 1.70. The second kappa shape index (κ2) is 5.98. The van der Waals surface area contributed by atoms with Crippen molar-refractivity contribution in [1.29, 1.82) is 0 Å². The van der Waals surface area contributed by atoms with Gasteiger partial charge in [0, 0.05) is 5.56 Å². The smallest absolute Gasteiger partial charge is 0.184 e. The SMILES string of the molecule is CON(CC(=O)c1ccccc1)c1ccccc1. The summed E-state index contributed by atoms with van der Waals surface area (Å²) in [7, 11) is 1.56. The van der Waals surface area contributed by atoms with E-state index in [-0.39, 0.29) is 12.3 Å². The lowest BCUT2D eigenvalue weighted by atomic mass is 10.1. The number of nitrogens with zero attached hydrogens (tertiary/aromatic N) is 1. The normalized spacial score (nSPS) is 10.1. The van der Waals surface area contributed by atoms with Gasteiger partial charge in [-0.05, 0) is 12.1 Å². The molecule has 2 rings (SSSR count). The minimum atomic E-state index is 0.0290. The topological polar surface area (TPSA) is 29.5 Å². The summed E-state index contributed by atoms with van der Waals surface area (Å²) in [4.78, 5) is 17.3. The van der Waals surface area contributed by atoms with Crippen LogP contribution in [0.4, 0.5) is 5.69 Å². The van der Waals surface area contributed by atoms with Gasteiger partial charge >= 0.3 is 0 Å². The highest BCUT2D eigenvalue weighted by Gasteiger charge is 2.12. The molecule has 0 saturated carbocycles. The third-order valence-electron chi connectivity index (χ3n) is 2.65. The van der Waals surface area contributed by atoms with Crippen LogP contribution in [0.5, 0.6) is 0 Å². The number of para-hydroxylation sites is 1. The molecule has 0 saturated heterocycles. The zero-order valence-corrected chi connectivity index (χ0v) is 10.2. The number of ketones is 1. The summed E-state index contributed by atoms with van der Waals surface area (Å²) in [6.45, 7) is 0.199. The van der Waals surface area contributed by atoms with Crippen LogP contribution >= 0.6 is 0 Å². The fraction of sp³-hybridized carbons (Fsp3) is 0.133. The summed E-state index contributed by atoms with van der Waals surface area (Å²) in [6, 6.07) is 18.8. The average molecular weight is 241 g/mol. The predicted molar refractivity (Wildman–Crippen MR) is 71.6 cm³/mol. The Morgan fingerprint density at radius 3 is 2.11 bits per heavy atom. The van der Waals surface area contributed by atoms with Gasteiger partial charge < -0.3 is 0 Å². The van der Waals surface area contributed by atoms with Crippen molar-refractivity contribution in [3.63, 3.8) is 0 Å². The molecule has 92 valence electrons. The van der Waals surface area contributed by atoms with Crippen molar-refractivity contribution in [1.82, 2.24) is 0 Å². The van der Waals surface area contributed by atoms with E-state index < -0.39 is 0 Å². The largest absolute Gasteiger partial charge is 0.292 e. The van der Waals surface area contributed by atoms with Crippen LogP contribution in [-0.4, -0.2) is 19.4 Å². The van der Waals surface area contributed by atoms with Crippen molar-refractivity contribution < 1.29 is 9.63 Å². The quantitative estimate of drug-likeness (QED) is 0.595. The Bertz CT molecular complexity index is 496. The number of anilines is 1. The molecule has 3 nitrogen and oxygen atoms in total. The molecule has 0 amide bonds. The van der Waals surface area contributed by atoms with Crippen LogP contribution in [0.3, 0.4) is 0 Å². The van der Waals surface area contributed by atoms with Gasteiger partial charge in [0.05, 0.1) is 12.8 Å². The maximum absolute atomic E-state index is 12.1. The van der Waals surface area contributed by atoms with E-state index in [1.165, 1.54) is 0 Å². The maximum Gasteiger partial charge on any atom is 0.184 e. The Morgan fingerprint density at radius 2 is 1.56 bits per heavy atom. The van der Waals surface area contributed by atoms with E-state index in [0.29, 0.717) is 5.56 Å². The molecule has 3 heteroatoms. The van der Waals surface area contributed by atoms with E-state index in [0.717, 1.165) is 5.69 Å². The van der Waals surface area contributed by atoms with Crippen LogP contribution in [-0.2, 0) is 4.84 Å². The maximum atomic E-state index is 12.1. The molecule has 0 heterocycles. The van der Waals surface area contributed by atoms with Crippen LogP contribution in [0.2, 0.25) is 0 Å². The lowest BCUT2D eigenvalue weighted by Gasteiger charge is -2.20. The van der Waals surface area contributed by atoms with Gasteiger partial charge in [0.1, 0.15) is 6.54 Å². The minimum absolute atomic E-state index is 0.0290. The molecule has 0 spiro atoms. The number of carbonyl (C=O) groups excluding carboxylic acids is 1. The molecule has 2 aromatic carbocycles. The number of carbonyl (C=O) groups is 1. The van der Waals surface area contributed by atoms with Crippen molar-refractivity contribution in [2.45, 2.75) is 0 Å². The van der Waals surface area contributed by atoms with Crippen molar-refractivity contribution in [2.24, 2.45) is 0 Å². The molecule has 0 fully saturated rings. The lowest BCUT2D eigenvalue weighted by Crippen LogP contribution is -2.28. The van der Waals surface area contributed by atoms with Gasteiger partial charge in [0.25, 0.3) is 0 Å². The Labute approximate surface area is 107 Å². The van der Waals surface area contributed by atoms with E-state index >= 15 is 0 Å². The van der Waals surface area contributed by atoms with E-state index in [1.807, 2.05) is 48.5 Å². The van der Waals surface area contributed by atoms with Crippen LogP contribution in [0.15, 0.2) is 60.7 Å². The second-order valence-corrected chi connectivity index (χ2v) is 3.84. The van der Waals surface area contributed by atoms with Crippen molar-refractivity contribution in [3.8, 4) is 0 Å². The van der Waals surface area contributed by atoms with Crippen molar-refractivity contribution in [3.05, 3.63) is 66.2 Å². The van der Waals surface area contributed by atoms with Crippen molar-refractivity contribution in [2.75, 3.05) is 18.7 Å². The first-order valence-corrected chi connectivity index (χ1v) is 5.76. The molecule has 0 radical (unpaired) electrons. The second-order valence-electron chi connectivity index (χ2n) is 3.84. The number of benzene rings is 2. The summed E-state index contributed by atoms with van der Waals surface area (Å²) in [5.74, 6) is 0.0290. The highest BCUT2D eigenvalue weighted by molar-refractivity contribution is 5.98. The molecule has 0 aliphatic rings. The summed E-state index contributed by atoms with van der Waals surface area (Å²) >= 11 is 0. The number of rotatable bonds is 5. The Kier molecular flexibility index (Phi) is 4.10. The Hall–Kier alpha value is -2.13. The summed E-state index contributed by atoms with van der Waals surface area (Å²) < 4.78 is 0. The van der Waals surface area contributed by atoms with Gasteiger partial charge in [-0.15, -0.1) is 0 Å². The van der Waals surface area contributed by atoms with E-state index in [4.69, 9.17) is 4.84 Å². The van der Waals surface area contributed by atoms with Gasteiger partial charge in [-0.1, -0.05) is 48.5 Å². The zero-order valence-electron chi connectivity index (χ0n) is 10.2. The van der Waals surface area contributed by atoms with E-state index in [2.05, 4.69) is 0 Å². The van der Waals surface area contributed by atoms with Crippen molar-refractivity contribution >= 4 is 11.5 Å². The molecule has 0 unspecified atom stereocenters. The standard InChI is InChI=1S/C15H15NO2/c1-18-16(14-10-6-3-7-11-14)12-15(17)13-8-4-2-5-9-13/h2-11H,12H2,1H3. The molecule has 0 bridgehead atoms. The van der Waals surface area contributed by atoms with Gasteiger partial charge in [0.2, 0.25) is 0 Å². The van der Waals surface area contributed by atoms with Gasteiger partial charge in [0.15, 0.2) is 5.78 Å². The van der Waals surface area contributed by atoms with Crippen LogP contribution in [0.1, 0.15) is 10.4 Å². The summed E-state index contributed by atoms with van der Waals surface area (Å²) in [5.41, 5.74) is 1.56. The third kappa shape index (κ3) is 2.96. The molecule has 0 atom stereocenters. The molecule has 2 aromatic rings. The summed E-state index contributed by atoms with van der Waals surface area (Å²) in [5, 5.41) is 1.58. The van der Waals surface area contributed by atoms with Gasteiger partial charge in [-0.3, -0.25) is 9.63 Å². The number of hydrogen-bond acceptors (Lipinski definition) is 3. The molecule has 0 aromatic heterocycles. The van der Waals surface area contributed by atoms with Gasteiger partial charge in [-0.25, -0.2) is 5.06 Å². The number of hydrogen-bond donors (Lipinski definition) is 0. The average Bonchev–Trinajstić information content (AvgIpc) is 2.46. The van der Waals surface area contributed by atoms with E-state index in [9.17, 15) is 4.79 Å². The van der Waals surface area contributed by atoms with Crippen LogP contribution < -0.4 is 5.06 Å². The molecule has 18 heavy (non-hydrogen) atoms. The molecular weight excluding hydrogens is 226 g/mol. The first kappa shape index (κ1) is 12.3. The predicted octanol–water partition coefficient (Wildman–Crippen LogP) is 2.94. The fourth-order valence-electron chi connectivity index (χ4n) is 1.70. The first-order chi connectivity index (χ1) is 8.81. The van der Waals surface area contributed by atoms with Gasteiger partial charge in [-0.2, -0.15) is 0 Å². The monoisotopic (exact) mass is 241 g/mol. The van der Waals surface area contributed by atoms with Crippen LogP contribution in [0.25, 0.3) is 0 Å². The molecular formula is C15H15NO2. The van der Waals surface area contributed by atoms with E-state index in [1.54, 1.807) is 24.3 Å². The summed E-state index contributed by atoms with van der Waals surface area (Å²) in [6.07, 6.45) is 0. The Morgan fingerprint density at radius 1 is 1.00 bits per heavy atom. The highest BCUT2D eigenvalue weighted by atomic mass is 16.7. The zero-order chi connectivity index (χ0) is 12.8. The Balaban J connectivity index is 2.10. The first-order valence-electron chi connectivity index (χ1n) is 5.76. The molecule has 0 aliphatic heterocycles. The minimum Gasteiger partial charge on any atom is -0.292 e. The van der Waals surface area contributed by atoms with Crippen LogP contribution in [0, 0.1) is 0 Å². The lowest BCUT2D eigenvalue weighted by molar-refractivity contribution is 0.0932. The highest BCUT2D eigenvalue weighted by Crippen LogP contribution is 2.14. The molecule has 0 aliphatic carbocycles. The number of hydroxylamine groups is 1. The molecule has 0 N–H and O–H groups in total. The number of Topliss-reactive ketones (excluding diaryl/α,β-unsaturated/α-hetero) is 1.